The monoisotopic (exact) mass is 313 g/mol. The molecule has 6 nitrogen and oxygen atoms in total. The van der Waals surface area contributed by atoms with E-state index in [0.717, 1.165) is 19.4 Å². The summed E-state index contributed by atoms with van der Waals surface area (Å²) in [5.41, 5.74) is -0.358. The molecule has 1 fully saturated rings. The van der Waals surface area contributed by atoms with Crippen LogP contribution in [-0.2, 0) is 9.59 Å². The van der Waals surface area contributed by atoms with Gasteiger partial charge in [-0.2, -0.15) is 0 Å². The van der Waals surface area contributed by atoms with E-state index in [0.29, 0.717) is 6.42 Å². The molecule has 1 aliphatic rings. The molecule has 0 radical (unpaired) electrons. The first kappa shape index (κ1) is 18.9. The van der Waals surface area contributed by atoms with Gasteiger partial charge in [0, 0.05) is 11.6 Å². The Balaban J connectivity index is 2.66. The molecule has 128 valence electrons. The first-order chi connectivity index (χ1) is 10.1. The third-order valence-electron chi connectivity index (χ3n) is 3.59. The zero-order valence-corrected chi connectivity index (χ0v) is 14.4. The lowest BCUT2D eigenvalue weighted by molar-refractivity contribution is -0.135. The standard InChI is InChI=1S/C16H31N3O3/c1-10(2)9-12(14(21)19-16(3,4)5)18-15(22)13(20)11-7-6-8-17-11/h10-13,17,20H,6-9H2,1-5H3,(H,18,22)(H,19,21)/t11-,12+,13?/m0/s1. The van der Waals surface area contributed by atoms with Crippen molar-refractivity contribution in [1.29, 1.82) is 0 Å². The predicted molar refractivity (Wildman–Crippen MR) is 86.3 cm³/mol. The van der Waals surface area contributed by atoms with Crippen LogP contribution in [0.2, 0.25) is 0 Å². The maximum atomic E-state index is 12.4. The van der Waals surface area contributed by atoms with Gasteiger partial charge in [-0.25, -0.2) is 0 Å². The Kier molecular flexibility index (Phi) is 6.81. The third-order valence-corrected chi connectivity index (χ3v) is 3.59. The Morgan fingerprint density at radius 2 is 1.91 bits per heavy atom. The number of rotatable bonds is 6. The topological polar surface area (TPSA) is 90.5 Å². The van der Waals surface area contributed by atoms with Crippen molar-refractivity contribution in [3.05, 3.63) is 0 Å². The predicted octanol–water partition coefficient (Wildman–Crippen LogP) is 0.545. The van der Waals surface area contributed by atoms with Crippen molar-refractivity contribution in [2.75, 3.05) is 6.54 Å². The summed E-state index contributed by atoms with van der Waals surface area (Å²) in [7, 11) is 0. The highest BCUT2D eigenvalue weighted by Gasteiger charge is 2.32. The Bertz CT molecular complexity index is 385. The lowest BCUT2D eigenvalue weighted by Gasteiger charge is -2.27. The molecule has 2 amide bonds. The summed E-state index contributed by atoms with van der Waals surface area (Å²) in [6.45, 7) is 10.5. The Morgan fingerprint density at radius 1 is 1.27 bits per heavy atom. The van der Waals surface area contributed by atoms with Crippen molar-refractivity contribution in [3.8, 4) is 0 Å². The number of hydrogen-bond donors (Lipinski definition) is 4. The molecule has 1 rings (SSSR count). The molecule has 0 aliphatic carbocycles. The highest BCUT2D eigenvalue weighted by atomic mass is 16.3. The number of aliphatic hydroxyl groups is 1. The summed E-state index contributed by atoms with van der Waals surface area (Å²) in [6, 6.07) is -0.840. The van der Waals surface area contributed by atoms with Gasteiger partial charge in [-0.3, -0.25) is 9.59 Å². The van der Waals surface area contributed by atoms with Gasteiger partial charge in [0.25, 0.3) is 5.91 Å². The molecule has 4 N–H and O–H groups in total. The fourth-order valence-corrected chi connectivity index (χ4v) is 2.58. The quantitative estimate of drug-likeness (QED) is 0.576. The fourth-order valence-electron chi connectivity index (χ4n) is 2.58. The Morgan fingerprint density at radius 3 is 2.36 bits per heavy atom. The SMILES string of the molecule is CC(C)C[C@@H](NC(=O)C(O)[C@@H]1CCCN1)C(=O)NC(C)(C)C. The van der Waals surface area contributed by atoms with E-state index >= 15 is 0 Å². The molecule has 1 unspecified atom stereocenters. The third kappa shape index (κ3) is 6.32. The van der Waals surface area contributed by atoms with E-state index in [2.05, 4.69) is 16.0 Å². The second-order valence-electron chi connectivity index (χ2n) is 7.58. The van der Waals surface area contributed by atoms with Gasteiger partial charge >= 0.3 is 0 Å². The van der Waals surface area contributed by atoms with Crippen LogP contribution in [0.3, 0.4) is 0 Å². The van der Waals surface area contributed by atoms with Crippen molar-refractivity contribution in [1.82, 2.24) is 16.0 Å². The second kappa shape index (κ2) is 7.92. The van der Waals surface area contributed by atoms with Crippen LogP contribution in [0.5, 0.6) is 0 Å². The van der Waals surface area contributed by atoms with E-state index < -0.39 is 18.1 Å². The van der Waals surface area contributed by atoms with Crippen molar-refractivity contribution < 1.29 is 14.7 Å². The summed E-state index contributed by atoms with van der Waals surface area (Å²) < 4.78 is 0. The molecule has 1 aliphatic heterocycles. The normalized spacial score (nSPS) is 21.5. The molecule has 1 heterocycles. The van der Waals surface area contributed by atoms with Crippen molar-refractivity contribution in [3.63, 3.8) is 0 Å². The van der Waals surface area contributed by atoms with Gasteiger partial charge in [0.15, 0.2) is 0 Å². The summed E-state index contributed by atoms with van der Waals surface area (Å²) in [6.07, 6.45) is 1.16. The van der Waals surface area contributed by atoms with Gasteiger partial charge < -0.3 is 21.1 Å². The Hall–Kier alpha value is -1.14. The number of amides is 2. The summed E-state index contributed by atoms with van der Waals surface area (Å²) >= 11 is 0. The maximum Gasteiger partial charge on any atom is 0.251 e. The van der Waals surface area contributed by atoms with Crippen molar-refractivity contribution in [2.45, 2.75) is 77.6 Å². The van der Waals surface area contributed by atoms with E-state index in [-0.39, 0.29) is 23.4 Å². The molecule has 1 saturated heterocycles. The van der Waals surface area contributed by atoms with Crippen molar-refractivity contribution in [2.24, 2.45) is 5.92 Å². The minimum atomic E-state index is -1.11. The van der Waals surface area contributed by atoms with E-state index in [1.165, 1.54) is 0 Å². The van der Waals surface area contributed by atoms with Gasteiger partial charge in [-0.15, -0.1) is 0 Å². The van der Waals surface area contributed by atoms with Gasteiger partial charge in [-0.05, 0) is 52.5 Å². The van der Waals surface area contributed by atoms with Crippen LogP contribution in [0, 0.1) is 5.92 Å². The van der Waals surface area contributed by atoms with Crippen LogP contribution in [-0.4, -0.2) is 47.2 Å². The zero-order chi connectivity index (χ0) is 16.9. The largest absolute Gasteiger partial charge is 0.382 e. The van der Waals surface area contributed by atoms with Crippen LogP contribution < -0.4 is 16.0 Å². The van der Waals surface area contributed by atoms with E-state index in [1.54, 1.807) is 0 Å². The number of hydrogen-bond acceptors (Lipinski definition) is 4. The molecule has 0 aromatic carbocycles. The molecule has 6 heteroatoms. The lowest BCUT2D eigenvalue weighted by Crippen LogP contribution is -2.56. The lowest BCUT2D eigenvalue weighted by atomic mass is 10.00. The van der Waals surface area contributed by atoms with E-state index in [4.69, 9.17) is 0 Å². The number of carbonyl (C=O) groups excluding carboxylic acids is 2. The van der Waals surface area contributed by atoms with E-state index in [9.17, 15) is 14.7 Å². The first-order valence-electron chi connectivity index (χ1n) is 8.14. The molecule has 0 spiro atoms. The summed E-state index contributed by atoms with van der Waals surface area (Å²) in [4.78, 5) is 24.6. The first-order valence-corrected chi connectivity index (χ1v) is 8.14. The molecule has 0 saturated carbocycles. The van der Waals surface area contributed by atoms with Crippen LogP contribution in [0.4, 0.5) is 0 Å². The van der Waals surface area contributed by atoms with Gasteiger partial charge in [-0.1, -0.05) is 13.8 Å². The van der Waals surface area contributed by atoms with Crippen molar-refractivity contribution >= 4 is 11.8 Å². The molecule has 0 bridgehead atoms. The number of nitrogens with one attached hydrogen (secondary N) is 3. The van der Waals surface area contributed by atoms with Gasteiger partial charge in [0.1, 0.15) is 12.1 Å². The minimum absolute atomic E-state index is 0.207. The molecule has 0 aromatic rings. The smallest absolute Gasteiger partial charge is 0.251 e. The van der Waals surface area contributed by atoms with Crippen LogP contribution in [0.15, 0.2) is 0 Å². The molecular weight excluding hydrogens is 282 g/mol. The number of carbonyl (C=O) groups is 2. The van der Waals surface area contributed by atoms with Gasteiger partial charge in [0.05, 0.1) is 0 Å². The molecule has 3 atom stereocenters. The summed E-state index contributed by atoms with van der Waals surface area (Å²) in [5.74, 6) is -0.423. The average Bonchev–Trinajstić information content (AvgIpc) is 2.87. The van der Waals surface area contributed by atoms with E-state index in [1.807, 2.05) is 34.6 Å². The van der Waals surface area contributed by atoms with Crippen LogP contribution >= 0.6 is 0 Å². The molecule has 0 aromatic heterocycles. The van der Waals surface area contributed by atoms with Crippen LogP contribution in [0.1, 0.15) is 53.9 Å². The van der Waals surface area contributed by atoms with Gasteiger partial charge in [0.2, 0.25) is 5.91 Å². The second-order valence-corrected chi connectivity index (χ2v) is 7.58. The maximum absolute atomic E-state index is 12.4. The Labute approximate surface area is 133 Å². The highest BCUT2D eigenvalue weighted by Crippen LogP contribution is 2.12. The molecule has 22 heavy (non-hydrogen) atoms. The zero-order valence-electron chi connectivity index (χ0n) is 14.4. The van der Waals surface area contributed by atoms with Crippen LogP contribution in [0.25, 0.3) is 0 Å². The summed E-state index contributed by atoms with van der Waals surface area (Å²) in [5, 5.41) is 18.8. The highest BCUT2D eigenvalue weighted by molar-refractivity contribution is 5.89. The average molecular weight is 313 g/mol. The number of aliphatic hydroxyl groups excluding tert-OH is 1. The molecular formula is C16H31N3O3. The fraction of sp³-hybridized carbons (Fsp3) is 0.875. The minimum Gasteiger partial charge on any atom is -0.382 e.